The fraction of sp³-hybridized carbons (Fsp3) is 0.455. The molecule has 0 unspecified atom stereocenters. The normalized spacial score (nSPS) is 12.5. The van der Waals surface area contributed by atoms with Gasteiger partial charge in [0, 0.05) is 19.6 Å². The summed E-state index contributed by atoms with van der Waals surface area (Å²) in [5.41, 5.74) is 6.04. The summed E-state index contributed by atoms with van der Waals surface area (Å²) in [5, 5.41) is 0. The smallest absolute Gasteiger partial charge is 0.240 e. The molecule has 0 heterocycles. The largest absolute Gasteiger partial charge is 0.326 e. The third kappa shape index (κ3) is 5.55. The van der Waals surface area contributed by atoms with Crippen LogP contribution in [0.5, 0.6) is 0 Å². The van der Waals surface area contributed by atoms with Crippen molar-refractivity contribution in [3.05, 3.63) is 29.8 Å². The maximum absolute atomic E-state index is 12.1. The van der Waals surface area contributed by atoms with E-state index in [1.165, 1.54) is 6.07 Å². The highest BCUT2D eigenvalue weighted by atomic mass is 32.2. The molecule has 0 aromatic heterocycles. The Labute approximate surface area is 119 Å². The summed E-state index contributed by atoms with van der Waals surface area (Å²) < 4.78 is 50.5. The van der Waals surface area contributed by atoms with Gasteiger partial charge in [-0.2, -0.15) is 0 Å². The monoisotopic (exact) mass is 321 g/mol. The van der Waals surface area contributed by atoms with E-state index in [0.717, 1.165) is 6.26 Å². The van der Waals surface area contributed by atoms with Crippen LogP contribution < -0.4 is 15.2 Å². The predicted octanol–water partition coefficient (Wildman–Crippen LogP) is -0.637. The number of nitrogens with two attached hydrogens (primary N) is 1. The second-order valence-corrected chi connectivity index (χ2v) is 7.80. The van der Waals surface area contributed by atoms with Crippen LogP contribution in [0.15, 0.2) is 29.2 Å². The van der Waals surface area contributed by atoms with E-state index in [1.54, 1.807) is 18.2 Å². The summed E-state index contributed by atoms with van der Waals surface area (Å²) in [6.07, 6.45) is 1.41. The number of hydrogen-bond donors (Lipinski definition) is 3. The van der Waals surface area contributed by atoms with Gasteiger partial charge in [-0.3, -0.25) is 0 Å². The molecule has 1 aromatic carbocycles. The van der Waals surface area contributed by atoms with E-state index < -0.39 is 20.0 Å². The minimum absolute atomic E-state index is 0.132. The Kier molecular flexibility index (Phi) is 6.08. The van der Waals surface area contributed by atoms with Gasteiger partial charge in [0.2, 0.25) is 20.0 Å². The van der Waals surface area contributed by atoms with Crippen molar-refractivity contribution in [3.8, 4) is 0 Å². The van der Waals surface area contributed by atoms with Gasteiger partial charge in [-0.05, 0) is 18.1 Å². The van der Waals surface area contributed by atoms with E-state index in [9.17, 15) is 16.8 Å². The molecule has 1 rings (SSSR count). The molecule has 0 bridgehead atoms. The van der Waals surface area contributed by atoms with Crippen LogP contribution in [-0.2, 0) is 26.6 Å². The predicted molar refractivity (Wildman–Crippen MR) is 77.0 cm³/mol. The number of rotatable bonds is 8. The maximum Gasteiger partial charge on any atom is 0.240 e. The third-order valence-electron chi connectivity index (χ3n) is 2.49. The lowest BCUT2D eigenvalue weighted by molar-refractivity contribution is 0.574. The summed E-state index contributed by atoms with van der Waals surface area (Å²) in [5.74, 6) is 0. The minimum atomic E-state index is -3.63. The third-order valence-corrected chi connectivity index (χ3v) is 4.78. The summed E-state index contributed by atoms with van der Waals surface area (Å²) in [4.78, 5) is 0.151. The fourth-order valence-electron chi connectivity index (χ4n) is 1.56. The number of hydrogen-bond acceptors (Lipinski definition) is 5. The quantitative estimate of drug-likeness (QED) is 0.551. The molecule has 7 nitrogen and oxygen atoms in total. The molecule has 0 atom stereocenters. The lowest BCUT2D eigenvalue weighted by atomic mass is 10.2. The average Bonchev–Trinajstić information content (AvgIpc) is 2.36. The first kappa shape index (κ1) is 17.1. The summed E-state index contributed by atoms with van der Waals surface area (Å²) in [7, 11) is -6.87. The Balaban J connectivity index is 2.58. The van der Waals surface area contributed by atoms with Crippen molar-refractivity contribution in [1.82, 2.24) is 9.44 Å². The van der Waals surface area contributed by atoms with Crippen molar-refractivity contribution in [1.29, 1.82) is 0 Å². The van der Waals surface area contributed by atoms with Gasteiger partial charge in [0.25, 0.3) is 0 Å². The van der Waals surface area contributed by atoms with Crippen molar-refractivity contribution in [2.45, 2.75) is 17.9 Å². The first-order valence-corrected chi connectivity index (χ1v) is 9.36. The van der Waals surface area contributed by atoms with E-state index in [4.69, 9.17) is 5.73 Å². The molecule has 0 spiro atoms. The highest BCUT2D eigenvalue weighted by Crippen LogP contribution is 2.14. The van der Waals surface area contributed by atoms with Crippen molar-refractivity contribution in [2.75, 3.05) is 19.3 Å². The molecule has 0 fully saturated rings. The molecule has 0 saturated carbocycles. The van der Waals surface area contributed by atoms with Crippen LogP contribution >= 0.6 is 0 Å². The van der Waals surface area contributed by atoms with Crippen LogP contribution in [0.2, 0.25) is 0 Å². The van der Waals surface area contributed by atoms with E-state index >= 15 is 0 Å². The number of sulfonamides is 2. The van der Waals surface area contributed by atoms with Gasteiger partial charge >= 0.3 is 0 Å². The van der Waals surface area contributed by atoms with Gasteiger partial charge in [-0.15, -0.1) is 0 Å². The Bertz CT molecular complexity index is 641. The van der Waals surface area contributed by atoms with Gasteiger partial charge in [-0.25, -0.2) is 26.3 Å². The molecular weight excluding hydrogens is 302 g/mol. The SMILES string of the molecule is CS(=O)(=O)NCCCNS(=O)(=O)c1ccccc1CN. The van der Waals surface area contributed by atoms with Crippen LogP contribution in [0.25, 0.3) is 0 Å². The molecule has 114 valence electrons. The highest BCUT2D eigenvalue weighted by Gasteiger charge is 2.16. The van der Waals surface area contributed by atoms with Crippen molar-refractivity contribution >= 4 is 20.0 Å². The Morgan fingerprint density at radius 3 is 2.25 bits per heavy atom. The zero-order valence-corrected chi connectivity index (χ0v) is 12.8. The van der Waals surface area contributed by atoms with E-state index in [0.29, 0.717) is 12.0 Å². The van der Waals surface area contributed by atoms with Crippen LogP contribution in [0.3, 0.4) is 0 Å². The summed E-state index contributed by atoms with van der Waals surface area (Å²) in [6, 6.07) is 6.48. The lowest BCUT2D eigenvalue weighted by Gasteiger charge is -2.10. The molecule has 4 N–H and O–H groups in total. The molecule has 20 heavy (non-hydrogen) atoms. The zero-order chi connectivity index (χ0) is 15.2. The number of nitrogens with one attached hydrogen (secondary N) is 2. The van der Waals surface area contributed by atoms with Crippen LogP contribution in [-0.4, -0.2) is 36.2 Å². The minimum Gasteiger partial charge on any atom is -0.326 e. The van der Waals surface area contributed by atoms with Crippen molar-refractivity contribution in [2.24, 2.45) is 5.73 Å². The molecule has 0 aliphatic carbocycles. The average molecular weight is 321 g/mol. The highest BCUT2D eigenvalue weighted by molar-refractivity contribution is 7.89. The topological polar surface area (TPSA) is 118 Å². The zero-order valence-electron chi connectivity index (χ0n) is 11.2. The van der Waals surface area contributed by atoms with Gasteiger partial charge in [-0.1, -0.05) is 18.2 Å². The van der Waals surface area contributed by atoms with Gasteiger partial charge in [0.1, 0.15) is 0 Å². The van der Waals surface area contributed by atoms with E-state index in [1.807, 2.05) is 0 Å². The second-order valence-electron chi connectivity index (χ2n) is 4.23. The Morgan fingerprint density at radius 1 is 1.05 bits per heavy atom. The van der Waals surface area contributed by atoms with E-state index in [2.05, 4.69) is 9.44 Å². The standard InChI is InChI=1S/C11H19N3O4S2/c1-19(15,16)13-7-4-8-14-20(17,18)11-6-3-2-5-10(11)9-12/h2-3,5-6,13-14H,4,7-9,12H2,1H3. The first-order valence-electron chi connectivity index (χ1n) is 5.98. The van der Waals surface area contributed by atoms with Gasteiger partial charge < -0.3 is 5.73 Å². The summed E-state index contributed by atoms with van der Waals surface area (Å²) in [6.45, 7) is 0.455. The molecular formula is C11H19N3O4S2. The summed E-state index contributed by atoms with van der Waals surface area (Å²) >= 11 is 0. The first-order chi connectivity index (χ1) is 9.26. The Hall–Kier alpha value is -1.00. The molecule has 0 aliphatic rings. The Morgan fingerprint density at radius 2 is 1.65 bits per heavy atom. The van der Waals surface area contributed by atoms with Crippen LogP contribution in [0.1, 0.15) is 12.0 Å². The van der Waals surface area contributed by atoms with Crippen molar-refractivity contribution in [3.63, 3.8) is 0 Å². The lowest BCUT2D eigenvalue weighted by Crippen LogP contribution is -2.30. The van der Waals surface area contributed by atoms with E-state index in [-0.39, 0.29) is 24.5 Å². The second kappa shape index (κ2) is 7.14. The molecule has 1 aromatic rings. The van der Waals surface area contributed by atoms with Gasteiger partial charge in [0.05, 0.1) is 11.2 Å². The molecule has 9 heteroatoms. The van der Waals surface area contributed by atoms with Crippen LogP contribution in [0, 0.1) is 0 Å². The van der Waals surface area contributed by atoms with Crippen molar-refractivity contribution < 1.29 is 16.8 Å². The van der Waals surface area contributed by atoms with Crippen LogP contribution in [0.4, 0.5) is 0 Å². The number of benzene rings is 1. The molecule has 0 radical (unpaired) electrons. The molecule has 0 saturated heterocycles. The fourth-order valence-corrected chi connectivity index (χ4v) is 3.40. The maximum atomic E-state index is 12.1. The molecule has 0 amide bonds. The molecule has 0 aliphatic heterocycles. The van der Waals surface area contributed by atoms with Gasteiger partial charge in [0.15, 0.2) is 0 Å².